The van der Waals surface area contributed by atoms with Crippen LogP contribution in [-0.4, -0.2) is 28.9 Å². The van der Waals surface area contributed by atoms with Crippen LogP contribution in [0, 0.1) is 0 Å². The average molecular weight is 617 g/mol. The van der Waals surface area contributed by atoms with Crippen molar-refractivity contribution in [3.63, 3.8) is 0 Å². The highest BCUT2D eigenvalue weighted by Crippen LogP contribution is 2.40. The number of phenols is 2. The summed E-state index contributed by atoms with van der Waals surface area (Å²) in [5.74, 6) is 0.340. The molecule has 208 valence electrons. The monoisotopic (exact) mass is 616 g/mol. The van der Waals surface area contributed by atoms with E-state index in [1.54, 1.807) is 34.8 Å². The number of nitrogens with one attached hydrogen (secondary N) is 2. The molecule has 0 saturated heterocycles. The number of aromatic nitrogens is 4. The average Bonchev–Trinajstić information content (AvgIpc) is 3.78. The molecule has 11 heteroatoms. The minimum absolute atomic E-state index is 0.170. The Kier molecular flexibility index (Phi) is 6.14. The number of nitrogens with zero attached hydrogens (tertiary/aromatic N) is 4. The number of hydrogen-bond donors (Lipinski definition) is 4. The highest BCUT2D eigenvalue weighted by Gasteiger charge is 2.16. The number of benzene rings is 5. The summed E-state index contributed by atoms with van der Waals surface area (Å²) in [4.78, 5) is 9.42. The van der Waals surface area contributed by atoms with Crippen molar-refractivity contribution in [1.82, 2.24) is 18.7 Å². The van der Waals surface area contributed by atoms with Gasteiger partial charge in [0.2, 0.25) is 0 Å². The van der Waals surface area contributed by atoms with Crippen molar-refractivity contribution in [1.29, 1.82) is 0 Å². The molecule has 8 aromatic rings. The van der Waals surface area contributed by atoms with Gasteiger partial charge in [0.1, 0.15) is 32.5 Å². The number of thiazole rings is 2. The zero-order valence-electron chi connectivity index (χ0n) is 22.1. The molecule has 0 amide bonds. The van der Waals surface area contributed by atoms with E-state index in [0.717, 1.165) is 76.0 Å². The molecule has 3 aromatic heterocycles. The summed E-state index contributed by atoms with van der Waals surface area (Å²) < 4.78 is 11.3. The molecule has 5 aromatic carbocycles. The zero-order chi connectivity index (χ0) is 28.9. The molecule has 8 nitrogen and oxygen atoms in total. The number of para-hydroxylation sites is 2. The lowest BCUT2D eigenvalue weighted by molar-refractivity contribution is 0.477. The molecule has 0 bridgehead atoms. The van der Waals surface area contributed by atoms with Crippen molar-refractivity contribution < 1.29 is 10.2 Å². The topological polar surface area (TPSA) is 116 Å². The van der Waals surface area contributed by atoms with Crippen LogP contribution in [0.15, 0.2) is 97.1 Å². The molecule has 8 rings (SSSR count). The third kappa shape index (κ3) is 4.69. The van der Waals surface area contributed by atoms with Gasteiger partial charge in [0.15, 0.2) is 0 Å². The van der Waals surface area contributed by atoms with Gasteiger partial charge in [0.05, 0.1) is 54.7 Å². The van der Waals surface area contributed by atoms with Crippen molar-refractivity contribution in [3.8, 4) is 32.6 Å². The predicted octanol–water partition coefficient (Wildman–Crippen LogP) is 9.14. The Morgan fingerprint density at radius 3 is 1.47 bits per heavy atom. The van der Waals surface area contributed by atoms with Crippen molar-refractivity contribution in [2.45, 2.75) is 0 Å². The van der Waals surface area contributed by atoms with Crippen LogP contribution in [0.1, 0.15) is 0 Å². The molecule has 0 radical (unpaired) electrons. The molecule has 0 fully saturated rings. The maximum Gasteiger partial charge on any atom is 0.130 e. The summed E-state index contributed by atoms with van der Waals surface area (Å²) in [5.41, 5.74) is 7.72. The molecular formula is C32H20N6O2S3. The lowest BCUT2D eigenvalue weighted by Gasteiger charge is -2.13. The molecule has 0 spiro atoms. The smallest absolute Gasteiger partial charge is 0.130 e. The van der Waals surface area contributed by atoms with E-state index in [1.165, 1.54) is 0 Å². The third-order valence-electron chi connectivity index (χ3n) is 7.02. The maximum absolute atomic E-state index is 10.6. The fourth-order valence-corrected chi connectivity index (χ4v) is 7.48. The molecule has 3 heterocycles. The van der Waals surface area contributed by atoms with Crippen molar-refractivity contribution in [2.75, 3.05) is 10.6 Å². The van der Waals surface area contributed by atoms with E-state index in [1.807, 2.05) is 84.9 Å². The van der Waals surface area contributed by atoms with Crippen LogP contribution in [0.3, 0.4) is 0 Å². The van der Waals surface area contributed by atoms with Gasteiger partial charge in [-0.05, 0) is 72.8 Å². The van der Waals surface area contributed by atoms with E-state index < -0.39 is 0 Å². The summed E-state index contributed by atoms with van der Waals surface area (Å²) in [5, 5.41) is 29.7. The first-order valence-electron chi connectivity index (χ1n) is 13.3. The molecule has 0 aliphatic rings. The summed E-state index contributed by atoms with van der Waals surface area (Å²) in [7, 11) is 0. The summed E-state index contributed by atoms with van der Waals surface area (Å²) >= 11 is 4.22. The highest BCUT2D eigenvalue weighted by molar-refractivity contribution is 7.22. The first kappa shape index (κ1) is 25.6. The molecule has 43 heavy (non-hydrogen) atoms. The Hall–Kier alpha value is -5.10. The summed E-state index contributed by atoms with van der Waals surface area (Å²) in [6.07, 6.45) is 0. The quantitative estimate of drug-likeness (QED) is 0.137. The Morgan fingerprint density at radius 2 is 1.00 bits per heavy atom. The van der Waals surface area contributed by atoms with E-state index in [9.17, 15) is 10.2 Å². The van der Waals surface area contributed by atoms with Gasteiger partial charge in [0, 0.05) is 11.4 Å². The first-order chi connectivity index (χ1) is 21.1. The van der Waals surface area contributed by atoms with Gasteiger partial charge in [-0.2, -0.15) is 8.75 Å². The van der Waals surface area contributed by atoms with Gasteiger partial charge in [-0.25, -0.2) is 9.97 Å². The van der Waals surface area contributed by atoms with Crippen molar-refractivity contribution >= 4 is 88.6 Å². The van der Waals surface area contributed by atoms with Gasteiger partial charge in [0.25, 0.3) is 0 Å². The number of anilines is 4. The van der Waals surface area contributed by atoms with Crippen molar-refractivity contribution in [2.24, 2.45) is 0 Å². The van der Waals surface area contributed by atoms with Crippen LogP contribution < -0.4 is 10.6 Å². The largest absolute Gasteiger partial charge is 0.507 e. The van der Waals surface area contributed by atoms with Gasteiger partial charge in [-0.1, -0.05) is 24.3 Å². The van der Waals surface area contributed by atoms with Gasteiger partial charge >= 0.3 is 0 Å². The van der Waals surface area contributed by atoms with Crippen LogP contribution in [-0.2, 0) is 0 Å². The van der Waals surface area contributed by atoms with E-state index in [4.69, 9.17) is 9.97 Å². The zero-order valence-corrected chi connectivity index (χ0v) is 24.6. The summed E-state index contributed by atoms with van der Waals surface area (Å²) in [6.45, 7) is 0. The Morgan fingerprint density at radius 1 is 0.535 bits per heavy atom. The SMILES string of the molecule is Oc1ccc(Nc2ccc(Nc3ccc(O)c(-c4nc5ccccc5s4)c3)c3nsnc23)cc1-c1nc2ccccc2s1. The normalized spacial score (nSPS) is 11.4. The maximum atomic E-state index is 10.6. The molecular weight excluding hydrogens is 597 g/mol. The van der Waals surface area contributed by atoms with E-state index in [-0.39, 0.29) is 11.5 Å². The molecule has 0 aliphatic heterocycles. The lowest BCUT2D eigenvalue weighted by atomic mass is 10.1. The first-order valence-corrected chi connectivity index (χ1v) is 15.6. The Balaban J connectivity index is 1.10. The van der Waals surface area contributed by atoms with E-state index in [2.05, 4.69) is 19.4 Å². The van der Waals surface area contributed by atoms with E-state index >= 15 is 0 Å². The van der Waals surface area contributed by atoms with Crippen LogP contribution in [0.5, 0.6) is 11.5 Å². The highest BCUT2D eigenvalue weighted by atomic mass is 32.1. The molecule has 0 unspecified atom stereocenters. The second-order valence-corrected chi connectivity index (χ2v) is 12.4. The Labute approximate surface area is 256 Å². The van der Waals surface area contributed by atoms with E-state index in [0.29, 0.717) is 11.1 Å². The molecule has 4 N–H and O–H groups in total. The molecule has 0 aliphatic carbocycles. The minimum Gasteiger partial charge on any atom is -0.507 e. The van der Waals surface area contributed by atoms with Crippen LogP contribution in [0.25, 0.3) is 52.6 Å². The third-order valence-corrected chi connectivity index (χ3v) is 9.68. The molecule has 0 saturated carbocycles. The van der Waals surface area contributed by atoms with Gasteiger partial charge < -0.3 is 20.8 Å². The van der Waals surface area contributed by atoms with Crippen molar-refractivity contribution in [3.05, 3.63) is 97.1 Å². The lowest BCUT2D eigenvalue weighted by Crippen LogP contribution is -1.96. The number of hydrogen-bond acceptors (Lipinski definition) is 11. The fraction of sp³-hybridized carbons (Fsp3) is 0. The standard InChI is InChI=1S/C32H20N6O2S3/c39-25-13-9-17(15-19(25)31-35-21-5-1-3-7-27(21)41-31)33-23-11-12-24(30-29(23)37-43-38-30)34-18-10-14-26(40)20(16-18)32-36-22-6-2-4-8-28(22)42-32/h1-16,33-34,39-40H. The van der Waals surface area contributed by atoms with Gasteiger partial charge in [-0.15, -0.1) is 22.7 Å². The fourth-order valence-electron chi connectivity index (χ4n) is 4.92. The Bertz CT molecular complexity index is 2080. The number of rotatable bonds is 6. The van der Waals surface area contributed by atoms with Crippen LogP contribution >= 0.6 is 34.4 Å². The van der Waals surface area contributed by atoms with Crippen LogP contribution in [0.4, 0.5) is 22.7 Å². The minimum atomic E-state index is 0.170. The number of phenolic OH excluding ortho intramolecular Hbond substituents is 2. The second kappa shape index (κ2) is 10.3. The molecule has 0 atom stereocenters. The number of fused-ring (bicyclic) bond motifs is 3. The second-order valence-electron chi connectivity index (χ2n) is 9.81. The predicted molar refractivity (Wildman–Crippen MR) is 177 cm³/mol. The van der Waals surface area contributed by atoms with Gasteiger partial charge in [-0.3, -0.25) is 0 Å². The number of aromatic hydroxyl groups is 2. The van der Waals surface area contributed by atoms with Crippen LogP contribution in [0.2, 0.25) is 0 Å². The summed E-state index contributed by atoms with van der Waals surface area (Å²) in [6, 6.07) is 30.5.